The van der Waals surface area contributed by atoms with Crippen molar-refractivity contribution in [2.75, 3.05) is 11.9 Å². The Kier molecular flexibility index (Phi) is 4.69. The molecule has 0 aromatic heterocycles. The lowest BCUT2D eigenvalue weighted by Gasteiger charge is -2.11. The van der Waals surface area contributed by atoms with Crippen molar-refractivity contribution < 1.29 is 14.2 Å². The minimum Gasteiger partial charge on any atom is -0.504 e. The third-order valence-corrected chi connectivity index (χ3v) is 2.97. The van der Waals surface area contributed by atoms with Gasteiger partial charge in [-0.3, -0.25) is 0 Å². The molecule has 0 aliphatic rings. The molecule has 0 fully saturated rings. The third-order valence-electron chi connectivity index (χ3n) is 2.74. The summed E-state index contributed by atoms with van der Waals surface area (Å²) in [5, 5.41) is 13.0. The first kappa shape index (κ1) is 14.5. The lowest BCUT2D eigenvalue weighted by Crippen LogP contribution is -2.02. The fraction of sp³-hybridized carbons (Fsp3) is 0.200. The molecule has 0 saturated carbocycles. The van der Waals surface area contributed by atoms with Crippen LogP contribution in [0.1, 0.15) is 12.5 Å². The van der Waals surface area contributed by atoms with Gasteiger partial charge in [-0.05, 0) is 42.8 Å². The van der Waals surface area contributed by atoms with Crippen molar-refractivity contribution in [2.24, 2.45) is 0 Å². The maximum absolute atomic E-state index is 13.6. The Morgan fingerprint density at radius 1 is 1.25 bits per heavy atom. The molecule has 106 valence electrons. The lowest BCUT2D eigenvalue weighted by atomic mass is 10.2. The van der Waals surface area contributed by atoms with E-state index in [0.29, 0.717) is 29.6 Å². The first-order valence-electron chi connectivity index (χ1n) is 6.23. The van der Waals surface area contributed by atoms with Crippen molar-refractivity contribution in [3.05, 3.63) is 52.8 Å². The van der Waals surface area contributed by atoms with Crippen LogP contribution in [-0.4, -0.2) is 11.7 Å². The van der Waals surface area contributed by atoms with E-state index in [9.17, 15) is 9.50 Å². The van der Waals surface area contributed by atoms with Crippen molar-refractivity contribution in [1.29, 1.82) is 0 Å². The van der Waals surface area contributed by atoms with Gasteiger partial charge < -0.3 is 15.2 Å². The molecule has 2 N–H and O–H groups in total. The highest BCUT2D eigenvalue weighted by atomic mass is 35.5. The Balaban J connectivity index is 2.10. The number of phenolic OH excluding ortho intramolecular Hbond substituents is 1. The van der Waals surface area contributed by atoms with E-state index in [0.717, 1.165) is 5.56 Å². The van der Waals surface area contributed by atoms with Crippen molar-refractivity contribution in [3.8, 4) is 11.5 Å². The summed E-state index contributed by atoms with van der Waals surface area (Å²) in [6.45, 7) is 2.71. The van der Waals surface area contributed by atoms with Crippen LogP contribution in [0, 0.1) is 5.82 Å². The van der Waals surface area contributed by atoms with Crippen molar-refractivity contribution in [1.82, 2.24) is 0 Å². The van der Waals surface area contributed by atoms with E-state index in [1.807, 2.05) is 6.92 Å². The summed E-state index contributed by atoms with van der Waals surface area (Å²) < 4.78 is 18.8. The zero-order chi connectivity index (χ0) is 14.5. The molecular formula is C15H15ClFNO2. The fourth-order valence-electron chi connectivity index (χ4n) is 1.77. The number of halogens is 2. The van der Waals surface area contributed by atoms with Gasteiger partial charge in [-0.15, -0.1) is 0 Å². The molecule has 2 aromatic rings. The minimum absolute atomic E-state index is 0.0875. The van der Waals surface area contributed by atoms with Crippen LogP contribution in [-0.2, 0) is 6.54 Å². The van der Waals surface area contributed by atoms with Gasteiger partial charge >= 0.3 is 0 Å². The molecule has 0 amide bonds. The zero-order valence-electron chi connectivity index (χ0n) is 11.0. The average Bonchev–Trinajstić information content (AvgIpc) is 2.43. The second-order valence-corrected chi connectivity index (χ2v) is 4.65. The summed E-state index contributed by atoms with van der Waals surface area (Å²) in [6, 6.07) is 9.35. The van der Waals surface area contributed by atoms with Gasteiger partial charge in [0.25, 0.3) is 0 Å². The molecule has 0 saturated heterocycles. The van der Waals surface area contributed by atoms with Gasteiger partial charge in [0.1, 0.15) is 5.82 Å². The summed E-state index contributed by atoms with van der Waals surface area (Å²) in [5.74, 6) is 0.140. The summed E-state index contributed by atoms with van der Waals surface area (Å²) >= 11 is 5.83. The predicted molar refractivity (Wildman–Crippen MR) is 78.0 cm³/mol. The SMILES string of the molecule is CCOc1cc(CNc2cc(Cl)ccc2F)ccc1O. The molecule has 0 atom stereocenters. The number of hydrogen-bond acceptors (Lipinski definition) is 3. The van der Waals surface area contributed by atoms with Gasteiger partial charge in [-0.1, -0.05) is 17.7 Å². The highest BCUT2D eigenvalue weighted by Gasteiger charge is 2.06. The standard InChI is InChI=1S/C15H15ClFNO2/c1-2-20-15-7-10(3-6-14(15)19)9-18-13-8-11(16)4-5-12(13)17/h3-8,18-19H,2,9H2,1H3. The molecule has 2 rings (SSSR count). The molecule has 20 heavy (non-hydrogen) atoms. The number of phenols is 1. The molecule has 0 aliphatic carbocycles. The van der Waals surface area contributed by atoms with Crippen LogP contribution in [0.3, 0.4) is 0 Å². The van der Waals surface area contributed by atoms with E-state index < -0.39 is 0 Å². The van der Waals surface area contributed by atoms with E-state index in [2.05, 4.69) is 5.32 Å². The Hall–Kier alpha value is -1.94. The highest BCUT2D eigenvalue weighted by Crippen LogP contribution is 2.27. The number of ether oxygens (including phenoxy) is 1. The zero-order valence-corrected chi connectivity index (χ0v) is 11.7. The minimum atomic E-state index is -0.363. The first-order chi connectivity index (χ1) is 9.60. The van der Waals surface area contributed by atoms with Crippen LogP contribution in [0.4, 0.5) is 10.1 Å². The molecule has 2 aromatic carbocycles. The molecule has 0 aliphatic heterocycles. The highest BCUT2D eigenvalue weighted by molar-refractivity contribution is 6.30. The van der Waals surface area contributed by atoms with E-state index >= 15 is 0 Å². The molecular weight excluding hydrogens is 281 g/mol. The summed E-state index contributed by atoms with van der Waals surface area (Å²) in [5.41, 5.74) is 1.20. The molecule has 5 heteroatoms. The molecule has 0 unspecified atom stereocenters. The largest absolute Gasteiger partial charge is 0.504 e. The Morgan fingerprint density at radius 3 is 2.80 bits per heavy atom. The number of aromatic hydroxyl groups is 1. The van der Waals surface area contributed by atoms with Gasteiger partial charge in [0.15, 0.2) is 11.5 Å². The normalized spacial score (nSPS) is 10.3. The Labute approximate surface area is 122 Å². The van der Waals surface area contributed by atoms with E-state index in [1.165, 1.54) is 18.2 Å². The molecule has 0 bridgehead atoms. The van der Waals surface area contributed by atoms with Gasteiger partial charge in [-0.25, -0.2) is 4.39 Å². The van der Waals surface area contributed by atoms with Gasteiger partial charge in [0, 0.05) is 11.6 Å². The van der Waals surface area contributed by atoms with Crippen LogP contribution < -0.4 is 10.1 Å². The fourth-order valence-corrected chi connectivity index (χ4v) is 1.94. The topological polar surface area (TPSA) is 41.5 Å². The lowest BCUT2D eigenvalue weighted by molar-refractivity contribution is 0.318. The van der Waals surface area contributed by atoms with Crippen LogP contribution >= 0.6 is 11.6 Å². The number of hydrogen-bond donors (Lipinski definition) is 2. The van der Waals surface area contributed by atoms with Crippen molar-refractivity contribution >= 4 is 17.3 Å². The van der Waals surface area contributed by atoms with E-state index in [4.69, 9.17) is 16.3 Å². The second-order valence-electron chi connectivity index (χ2n) is 4.21. The number of nitrogens with one attached hydrogen (secondary N) is 1. The number of benzene rings is 2. The molecule has 0 heterocycles. The van der Waals surface area contributed by atoms with Gasteiger partial charge in [-0.2, -0.15) is 0 Å². The number of anilines is 1. The summed E-state index contributed by atoms with van der Waals surface area (Å²) in [4.78, 5) is 0. The third kappa shape index (κ3) is 3.54. The maximum Gasteiger partial charge on any atom is 0.161 e. The van der Waals surface area contributed by atoms with Crippen molar-refractivity contribution in [3.63, 3.8) is 0 Å². The Morgan fingerprint density at radius 2 is 2.05 bits per heavy atom. The van der Waals surface area contributed by atoms with Gasteiger partial charge in [0.05, 0.1) is 12.3 Å². The monoisotopic (exact) mass is 295 g/mol. The quantitative estimate of drug-likeness (QED) is 0.869. The van der Waals surface area contributed by atoms with E-state index in [1.54, 1.807) is 18.2 Å². The molecule has 0 spiro atoms. The molecule has 0 radical (unpaired) electrons. The van der Waals surface area contributed by atoms with Crippen LogP contribution in [0.25, 0.3) is 0 Å². The van der Waals surface area contributed by atoms with Crippen LogP contribution in [0.2, 0.25) is 5.02 Å². The predicted octanol–water partition coefficient (Wildman–Crippen LogP) is 4.20. The van der Waals surface area contributed by atoms with Crippen LogP contribution in [0.15, 0.2) is 36.4 Å². The van der Waals surface area contributed by atoms with E-state index in [-0.39, 0.29) is 11.6 Å². The Bertz CT molecular complexity index is 604. The maximum atomic E-state index is 13.6. The average molecular weight is 296 g/mol. The summed E-state index contributed by atoms with van der Waals surface area (Å²) in [6.07, 6.45) is 0. The van der Waals surface area contributed by atoms with Gasteiger partial charge in [0.2, 0.25) is 0 Å². The summed E-state index contributed by atoms with van der Waals surface area (Å²) in [7, 11) is 0. The second kappa shape index (κ2) is 6.48. The number of rotatable bonds is 5. The van der Waals surface area contributed by atoms with Crippen LogP contribution in [0.5, 0.6) is 11.5 Å². The first-order valence-corrected chi connectivity index (χ1v) is 6.61. The molecule has 3 nitrogen and oxygen atoms in total. The van der Waals surface area contributed by atoms with Crippen molar-refractivity contribution in [2.45, 2.75) is 13.5 Å². The smallest absolute Gasteiger partial charge is 0.161 e.